The molecule has 138 valence electrons. The van der Waals surface area contributed by atoms with E-state index < -0.39 is 0 Å². The molecule has 0 radical (unpaired) electrons. The van der Waals surface area contributed by atoms with E-state index in [1.807, 2.05) is 6.08 Å². The van der Waals surface area contributed by atoms with Crippen molar-refractivity contribution in [3.8, 4) is 0 Å². The van der Waals surface area contributed by atoms with Gasteiger partial charge in [0.25, 0.3) is 0 Å². The van der Waals surface area contributed by atoms with Crippen LogP contribution in [0.4, 0.5) is 0 Å². The van der Waals surface area contributed by atoms with Crippen LogP contribution < -0.4 is 0 Å². The van der Waals surface area contributed by atoms with E-state index in [0.29, 0.717) is 0 Å². The molecule has 1 saturated carbocycles. The fourth-order valence-corrected chi connectivity index (χ4v) is 4.46. The van der Waals surface area contributed by atoms with Crippen molar-refractivity contribution in [3.63, 3.8) is 0 Å². The van der Waals surface area contributed by atoms with Gasteiger partial charge in [0.1, 0.15) is 0 Å². The maximum absolute atomic E-state index is 3.80. The predicted molar refractivity (Wildman–Crippen MR) is 112 cm³/mol. The van der Waals surface area contributed by atoms with Crippen molar-refractivity contribution in [3.05, 3.63) is 60.7 Å². The fourth-order valence-electron chi connectivity index (χ4n) is 4.46. The highest BCUT2D eigenvalue weighted by Gasteiger charge is 2.31. The van der Waals surface area contributed by atoms with Gasteiger partial charge < -0.3 is 0 Å². The van der Waals surface area contributed by atoms with Crippen molar-refractivity contribution in [2.75, 3.05) is 0 Å². The molecule has 1 aliphatic carbocycles. The number of aryl methyl sites for hydroxylation is 1. The smallest absolute Gasteiger partial charge is 0.0279 e. The Morgan fingerprint density at radius 2 is 1.80 bits per heavy atom. The lowest BCUT2D eigenvalue weighted by atomic mass is 9.84. The first-order valence-electron chi connectivity index (χ1n) is 10.6. The molecule has 0 amide bonds. The van der Waals surface area contributed by atoms with Crippen molar-refractivity contribution in [1.29, 1.82) is 0 Å². The van der Waals surface area contributed by atoms with Crippen LogP contribution in [-0.4, -0.2) is 0 Å². The normalized spacial score (nSPS) is 23.3. The van der Waals surface area contributed by atoms with Crippen LogP contribution in [0.15, 0.2) is 55.1 Å². The molecule has 2 rings (SSSR count). The molecule has 1 aromatic carbocycles. The predicted octanol–water partition coefficient (Wildman–Crippen LogP) is 7.75. The third-order valence-electron chi connectivity index (χ3n) is 6.07. The number of hydrogen-bond donors (Lipinski definition) is 0. The van der Waals surface area contributed by atoms with E-state index in [-0.39, 0.29) is 0 Å². The second-order valence-electron chi connectivity index (χ2n) is 7.99. The quantitative estimate of drug-likeness (QED) is 0.270. The van der Waals surface area contributed by atoms with Crippen LogP contribution in [0.2, 0.25) is 0 Å². The first-order valence-corrected chi connectivity index (χ1v) is 10.6. The van der Waals surface area contributed by atoms with Gasteiger partial charge >= 0.3 is 0 Å². The van der Waals surface area contributed by atoms with Crippen LogP contribution in [0.5, 0.6) is 0 Å². The van der Waals surface area contributed by atoms with Gasteiger partial charge in [0, 0.05) is 0 Å². The first-order chi connectivity index (χ1) is 12.3. The van der Waals surface area contributed by atoms with E-state index in [2.05, 4.69) is 56.0 Å². The molecule has 0 nitrogen and oxygen atoms in total. The molecule has 0 aliphatic heterocycles. The Balaban J connectivity index is 1.61. The molecule has 1 fully saturated rings. The highest BCUT2D eigenvalue weighted by Crippen LogP contribution is 2.41. The zero-order valence-electron chi connectivity index (χ0n) is 16.3. The molecule has 0 saturated heterocycles. The van der Waals surface area contributed by atoms with Crippen LogP contribution in [0.3, 0.4) is 0 Å². The lowest BCUT2D eigenvalue weighted by Gasteiger charge is -2.21. The highest BCUT2D eigenvalue weighted by molar-refractivity contribution is 5.14. The lowest BCUT2D eigenvalue weighted by Crippen LogP contribution is -2.12. The summed E-state index contributed by atoms with van der Waals surface area (Å²) in [7, 11) is 0. The summed E-state index contributed by atoms with van der Waals surface area (Å²) in [4.78, 5) is 0. The average molecular weight is 339 g/mol. The van der Waals surface area contributed by atoms with Gasteiger partial charge in [0.2, 0.25) is 0 Å². The van der Waals surface area contributed by atoms with Gasteiger partial charge in [-0.1, -0.05) is 81.2 Å². The minimum absolute atomic E-state index is 0.923. The van der Waals surface area contributed by atoms with E-state index in [0.717, 1.165) is 24.2 Å². The zero-order valence-corrected chi connectivity index (χ0v) is 16.3. The summed E-state index contributed by atoms with van der Waals surface area (Å²) in [5.41, 5.74) is 1.50. The molecule has 0 N–H and O–H groups in total. The number of allylic oxidation sites excluding steroid dienone is 3. The SMILES string of the molecule is C=CCCCC=CCC1C(C)CCC1CCCCCc1ccccc1. The van der Waals surface area contributed by atoms with Gasteiger partial charge in [-0.2, -0.15) is 0 Å². The molecule has 3 atom stereocenters. The number of rotatable bonds is 12. The van der Waals surface area contributed by atoms with Gasteiger partial charge in [-0.15, -0.1) is 6.58 Å². The van der Waals surface area contributed by atoms with Crippen LogP contribution in [0, 0.1) is 17.8 Å². The van der Waals surface area contributed by atoms with E-state index in [1.165, 1.54) is 69.8 Å². The van der Waals surface area contributed by atoms with E-state index in [4.69, 9.17) is 0 Å². The minimum Gasteiger partial charge on any atom is -0.103 e. The third kappa shape index (κ3) is 7.63. The summed E-state index contributed by atoms with van der Waals surface area (Å²) in [5, 5.41) is 0. The molecule has 1 aromatic rings. The van der Waals surface area contributed by atoms with Gasteiger partial charge in [-0.05, 0) is 68.3 Å². The fraction of sp³-hybridized carbons (Fsp3) is 0.600. The van der Waals surface area contributed by atoms with Crippen molar-refractivity contribution in [2.24, 2.45) is 17.8 Å². The largest absolute Gasteiger partial charge is 0.103 e. The van der Waals surface area contributed by atoms with Gasteiger partial charge in [-0.3, -0.25) is 0 Å². The van der Waals surface area contributed by atoms with Gasteiger partial charge in [0.05, 0.1) is 0 Å². The second-order valence-corrected chi connectivity index (χ2v) is 7.99. The maximum Gasteiger partial charge on any atom is -0.0279 e. The third-order valence-corrected chi connectivity index (χ3v) is 6.07. The second kappa shape index (κ2) is 12.1. The van der Waals surface area contributed by atoms with E-state index in [1.54, 1.807) is 0 Å². The Morgan fingerprint density at radius 3 is 2.60 bits per heavy atom. The van der Waals surface area contributed by atoms with Crippen molar-refractivity contribution in [1.82, 2.24) is 0 Å². The summed E-state index contributed by atoms with van der Waals surface area (Å²) >= 11 is 0. The summed E-state index contributed by atoms with van der Waals surface area (Å²) < 4.78 is 0. The maximum atomic E-state index is 3.80. The highest BCUT2D eigenvalue weighted by atomic mass is 14.4. The molecule has 0 aromatic heterocycles. The van der Waals surface area contributed by atoms with Crippen molar-refractivity contribution < 1.29 is 0 Å². The van der Waals surface area contributed by atoms with Crippen LogP contribution in [0.25, 0.3) is 0 Å². The van der Waals surface area contributed by atoms with Crippen LogP contribution >= 0.6 is 0 Å². The van der Waals surface area contributed by atoms with E-state index in [9.17, 15) is 0 Å². The van der Waals surface area contributed by atoms with Crippen molar-refractivity contribution >= 4 is 0 Å². The zero-order chi connectivity index (χ0) is 17.7. The molecule has 25 heavy (non-hydrogen) atoms. The van der Waals surface area contributed by atoms with Crippen molar-refractivity contribution in [2.45, 2.75) is 77.6 Å². The molecule has 0 heteroatoms. The number of unbranched alkanes of at least 4 members (excludes halogenated alkanes) is 4. The summed E-state index contributed by atoms with van der Waals surface area (Å²) in [6.07, 6.45) is 21.6. The van der Waals surface area contributed by atoms with E-state index >= 15 is 0 Å². The molecule has 3 unspecified atom stereocenters. The van der Waals surface area contributed by atoms with Gasteiger partial charge in [0.15, 0.2) is 0 Å². The molecule has 1 aliphatic rings. The Hall–Kier alpha value is -1.30. The van der Waals surface area contributed by atoms with Crippen LogP contribution in [-0.2, 0) is 6.42 Å². The lowest BCUT2D eigenvalue weighted by molar-refractivity contribution is 0.306. The number of hydrogen-bond acceptors (Lipinski definition) is 0. The number of benzene rings is 1. The monoisotopic (exact) mass is 338 g/mol. The standard InChI is InChI=1S/C25H38/c1-3-4-5-6-7-14-19-25-22(2)20-21-24(25)18-13-9-12-17-23-15-10-8-11-16-23/h3,7-8,10-11,14-16,22,24-25H,1,4-6,9,12-13,17-21H2,2H3. The topological polar surface area (TPSA) is 0 Å². The Kier molecular flexibility index (Phi) is 9.70. The Bertz CT molecular complexity index is 484. The molecule has 0 heterocycles. The minimum atomic E-state index is 0.923. The molecule has 0 bridgehead atoms. The molecular formula is C25H38. The molecule has 0 spiro atoms. The van der Waals surface area contributed by atoms with Crippen LogP contribution in [0.1, 0.15) is 76.7 Å². The molecular weight excluding hydrogens is 300 g/mol. The van der Waals surface area contributed by atoms with Gasteiger partial charge in [-0.25, -0.2) is 0 Å². The summed E-state index contributed by atoms with van der Waals surface area (Å²) in [5.74, 6) is 2.83. The summed E-state index contributed by atoms with van der Waals surface area (Å²) in [6.45, 7) is 6.27. The summed E-state index contributed by atoms with van der Waals surface area (Å²) in [6, 6.07) is 10.9. The Morgan fingerprint density at radius 1 is 0.960 bits per heavy atom. The Labute approximate surface area is 156 Å². The average Bonchev–Trinajstić information content (AvgIpc) is 2.98. The first kappa shape index (κ1) is 20.0.